The van der Waals surface area contributed by atoms with Crippen LogP contribution >= 0.6 is 11.6 Å². The van der Waals surface area contributed by atoms with Crippen molar-refractivity contribution in [2.45, 2.75) is 32.6 Å². The Labute approximate surface area is 214 Å². The minimum Gasteiger partial charge on any atom is -0.465 e. The number of benzene rings is 3. The molecule has 36 heavy (non-hydrogen) atoms. The van der Waals surface area contributed by atoms with Crippen LogP contribution in [0.2, 0.25) is 5.02 Å². The van der Waals surface area contributed by atoms with Crippen LogP contribution in [0.15, 0.2) is 63.9 Å². The zero-order valence-electron chi connectivity index (χ0n) is 20.4. The van der Waals surface area contributed by atoms with Gasteiger partial charge in [-0.3, -0.25) is 4.79 Å². The molecule has 1 aromatic heterocycles. The molecule has 0 bridgehead atoms. The molecular formula is C27H24ClNO6S. The van der Waals surface area contributed by atoms with E-state index < -0.39 is 21.9 Å². The zero-order chi connectivity index (χ0) is 26.4. The molecule has 0 spiro atoms. The molecule has 0 unspecified atom stereocenters. The van der Waals surface area contributed by atoms with Crippen molar-refractivity contribution in [3.63, 3.8) is 0 Å². The first-order valence-corrected chi connectivity index (χ1v) is 12.8. The number of sulfonamides is 1. The van der Waals surface area contributed by atoms with E-state index in [0.29, 0.717) is 27.3 Å². The quantitative estimate of drug-likeness (QED) is 0.290. The third-order valence-electron chi connectivity index (χ3n) is 6.06. The number of anilines is 1. The van der Waals surface area contributed by atoms with Crippen LogP contribution in [0, 0.1) is 27.7 Å². The summed E-state index contributed by atoms with van der Waals surface area (Å²) in [6, 6.07) is 13.7. The van der Waals surface area contributed by atoms with E-state index in [1.807, 2.05) is 13.8 Å². The van der Waals surface area contributed by atoms with E-state index in [4.69, 9.17) is 20.8 Å². The topological polar surface area (TPSA) is 93.9 Å². The lowest BCUT2D eigenvalue weighted by Crippen LogP contribution is -2.37. The average molecular weight is 526 g/mol. The Morgan fingerprint density at radius 2 is 1.53 bits per heavy atom. The maximum Gasteiger partial charge on any atom is 0.342 e. The van der Waals surface area contributed by atoms with Gasteiger partial charge in [-0.25, -0.2) is 13.2 Å². The van der Waals surface area contributed by atoms with Crippen molar-refractivity contribution in [1.29, 1.82) is 0 Å². The third kappa shape index (κ3) is 4.38. The summed E-state index contributed by atoms with van der Waals surface area (Å²) in [6.07, 6.45) is 0. The van der Waals surface area contributed by atoms with Crippen LogP contribution in [-0.2, 0) is 14.8 Å². The van der Waals surface area contributed by atoms with Crippen molar-refractivity contribution in [1.82, 2.24) is 0 Å². The predicted molar refractivity (Wildman–Crippen MR) is 138 cm³/mol. The highest BCUT2D eigenvalue weighted by atomic mass is 35.5. The lowest BCUT2D eigenvalue weighted by Gasteiger charge is -2.24. The molecule has 0 N–H and O–H groups in total. The van der Waals surface area contributed by atoms with Gasteiger partial charge in [0.15, 0.2) is 0 Å². The number of amides is 1. The summed E-state index contributed by atoms with van der Waals surface area (Å²) in [5.74, 6) is -1.09. The number of carbonyl (C=O) groups excluding carboxylic acids is 2. The summed E-state index contributed by atoms with van der Waals surface area (Å²) in [7, 11) is -3.13. The zero-order valence-corrected chi connectivity index (χ0v) is 22.0. The molecule has 0 aliphatic carbocycles. The molecule has 0 aliphatic heterocycles. The van der Waals surface area contributed by atoms with Gasteiger partial charge in [-0.2, -0.15) is 4.31 Å². The van der Waals surface area contributed by atoms with Crippen molar-refractivity contribution in [2.24, 2.45) is 0 Å². The molecule has 186 valence electrons. The summed E-state index contributed by atoms with van der Waals surface area (Å²) in [6.45, 7) is 6.99. The van der Waals surface area contributed by atoms with E-state index in [0.717, 1.165) is 15.4 Å². The molecule has 4 rings (SSSR count). The first-order chi connectivity index (χ1) is 16.9. The molecule has 1 heterocycles. The molecular weight excluding hydrogens is 502 g/mol. The summed E-state index contributed by atoms with van der Waals surface area (Å²) in [5, 5.41) is 0.738. The molecule has 0 saturated heterocycles. The van der Waals surface area contributed by atoms with Gasteiger partial charge >= 0.3 is 5.97 Å². The Morgan fingerprint density at radius 3 is 2.17 bits per heavy atom. The van der Waals surface area contributed by atoms with Crippen molar-refractivity contribution >= 4 is 50.2 Å². The van der Waals surface area contributed by atoms with Crippen molar-refractivity contribution in [2.75, 3.05) is 11.4 Å². The SMILES string of the molecule is COC(=O)c1c(C)oc2ccc(N(C(=O)c3ccc(Cl)cc3)S(=O)(=O)c3cc(C)c(C)cc3C)cc12. The summed E-state index contributed by atoms with van der Waals surface area (Å²) >= 11 is 5.98. The number of furan rings is 1. The number of esters is 1. The van der Waals surface area contributed by atoms with Crippen molar-refractivity contribution in [3.05, 3.63) is 93.2 Å². The standard InChI is InChI=1S/C27H24ClNO6S/c1-15-12-17(3)24(13-16(15)2)36(32,33)29(26(30)19-6-8-20(28)9-7-19)21-10-11-23-22(14-21)25(18(4)35-23)27(31)34-5/h6-14H,1-5H3. The molecule has 3 aromatic carbocycles. The van der Waals surface area contributed by atoms with Gasteiger partial charge in [0.2, 0.25) is 0 Å². The fourth-order valence-corrected chi connectivity index (χ4v) is 5.90. The van der Waals surface area contributed by atoms with E-state index in [9.17, 15) is 18.0 Å². The summed E-state index contributed by atoms with van der Waals surface area (Å²) in [4.78, 5) is 26.2. The number of ether oxygens (including phenoxy) is 1. The normalized spacial score (nSPS) is 11.5. The number of hydrogen-bond acceptors (Lipinski definition) is 6. The second-order valence-electron chi connectivity index (χ2n) is 8.49. The number of carbonyl (C=O) groups is 2. The minimum atomic E-state index is -4.38. The number of rotatable bonds is 5. The Hall–Kier alpha value is -3.62. The average Bonchev–Trinajstić information content (AvgIpc) is 3.16. The second-order valence-corrected chi connectivity index (χ2v) is 10.7. The highest BCUT2D eigenvalue weighted by Gasteiger charge is 2.34. The number of halogens is 1. The van der Waals surface area contributed by atoms with Crippen molar-refractivity contribution in [3.8, 4) is 0 Å². The van der Waals surface area contributed by atoms with Gasteiger partial charge in [-0.15, -0.1) is 0 Å². The molecule has 0 radical (unpaired) electrons. The molecule has 0 aliphatic rings. The summed E-state index contributed by atoms with van der Waals surface area (Å²) in [5.41, 5.74) is 2.89. The molecule has 7 nitrogen and oxygen atoms in total. The number of nitrogens with zero attached hydrogens (tertiary/aromatic N) is 1. The van der Waals surface area contributed by atoms with Crippen LogP contribution < -0.4 is 4.31 Å². The van der Waals surface area contributed by atoms with Gasteiger partial charge in [0.1, 0.15) is 16.9 Å². The van der Waals surface area contributed by atoms with Crippen molar-refractivity contribution < 1.29 is 27.2 Å². The van der Waals surface area contributed by atoms with Gasteiger partial charge in [-0.05, 0) is 92.9 Å². The van der Waals surface area contributed by atoms with Gasteiger partial charge in [-0.1, -0.05) is 17.7 Å². The van der Waals surface area contributed by atoms with Gasteiger partial charge in [0.05, 0.1) is 17.7 Å². The number of hydrogen-bond donors (Lipinski definition) is 0. The fraction of sp³-hybridized carbons (Fsp3) is 0.185. The largest absolute Gasteiger partial charge is 0.465 e. The summed E-state index contributed by atoms with van der Waals surface area (Å²) < 4.78 is 39.4. The molecule has 9 heteroatoms. The van der Waals surface area contributed by atoms with E-state index in [2.05, 4.69) is 0 Å². The molecule has 4 aromatic rings. The lowest BCUT2D eigenvalue weighted by atomic mass is 10.1. The Morgan fingerprint density at radius 1 is 0.889 bits per heavy atom. The Bertz CT molecular complexity index is 1620. The van der Waals surface area contributed by atoms with Crippen LogP contribution in [-0.4, -0.2) is 27.4 Å². The van der Waals surface area contributed by atoms with Crippen LogP contribution in [0.5, 0.6) is 0 Å². The monoisotopic (exact) mass is 525 g/mol. The van der Waals surface area contributed by atoms with Crippen LogP contribution in [0.25, 0.3) is 11.0 Å². The van der Waals surface area contributed by atoms with E-state index in [-0.39, 0.29) is 21.7 Å². The number of methoxy groups -OCH3 is 1. The highest BCUT2D eigenvalue weighted by Crippen LogP contribution is 2.34. The van der Waals surface area contributed by atoms with E-state index in [1.165, 1.54) is 49.6 Å². The Kier molecular flexibility index (Phi) is 6.68. The smallest absolute Gasteiger partial charge is 0.342 e. The fourth-order valence-electron chi connectivity index (χ4n) is 4.08. The highest BCUT2D eigenvalue weighted by molar-refractivity contribution is 7.93. The van der Waals surface area contributed by atoms with E-state index >= 15 is 0 Å². The van der Waals surface area contributed by atoms with Crippen LogP contribution in [0.3, 0.4) is 0 Å². The maximum atomic E-state index is 14.1. The predicted octanol–water partition coefficient (Wildman–Crippen LogP) is 6.14. The van der Waals surface area contributed by atoms with Gasteiger partial charge in [0, 0.05) is 16.0 Å². The van der Waals surface area contributed by atoms with Gasteiger partial charge < -0.3 is 9.15 Å². The first kappa shape index (κ1) is 25.5. The van der Waals surface area contributed by atoms with E-state index in [1.54, 1.807) is 26.0 Å². The van der Waals surface area contributed by atoms with Crippen LogP contribution in [0.4, 0.5) is 5.69 Å². The molecule has 0 saturated carbocycles. The third-order valence-corrected chi connectivity index (χ3v) is 8.16. The second kappa shape index (κ2) is 9.44. The lowest BCUT2D eigenvalue weighted by molar-refractivity contribution is 0.0600. The minimum absolute atomic E-state index is 0.00424. The maximum absolute atomic E-state index is 14.1. The molecule has 0 fully saturated rings. The first-order valence-electron chi connectivity index (χ1n) is 11.0. The van der Waals surface area contributed by atoms with Gasteiger partial charge in [0.25, 0.3) is 15.9 Å². The number of aryl methyl sites for hydroxylation is 4. The Balaban J connectivity index is 1.99. The number of fused-ring (bicyclic) bond motifs is 1. The molecule has 0 atom stereocenters. The van der Waals surface area contributed by atoms with Crippen LogP contribution in [0.1, 0.15) is 43.2 Å². The molecule has 1 amide bonds.